The molecule has 0 radical (unpaired) electrons. The van der Waals surface area contributed by atoms with Crippen LogP contribution in [0.3, 0.4) is 0 Å². The second kappa shape index (κ2) is 6.09. The Labute approximate surface area is 115 Å². The van der Waals surface area contributed by atoms with Crippen LogP contribution in [-0.2, 0) is 14.8 Å². The Morgan fingerprint density at radius 1 is 1.42 bits per heavy atom. The first-order valence-corrected chi connectivity index (χ1v) is 8.26. The highest BCUT2D eigenvalue weighted by Crippen LogP contribution is 2.15. The minimum absolute atomic E-state index is 0.0515. The lowest BCUT2D eigenvalue weighted by Gasteiger charge is -2.34. The molecule has 1 atom stereocenters. The molecule has 1 fully saturated rings. The van der Waals surface area contributed by atoms with Crippen molar-refractivity contribution >= 4 is 16.1 Å². The van der Waals surface area contributed by atoms with Gasteiger partial charge in [0.25, 0.3) is 0 Å². The van der Waals surface area contributed by atoms with Gasteiger partial charge in [-0.15, -0.1) is 0 Å². The van der Waals surface area contributed by atoms with Crippen molar-refractivity contribution in [1.29, 1.82) is 0 Å². The number of sulfonamides is 1. The van der Waals surface area contributed by atoms with Crippen LogP contribution < -0.4 is 4.72 Å². The fraction of sp³-hybridized carbons (Fsp3) is 0.917. The Bertz CT molecular complexity index is 414. The van der Waals surface area contributed by atoms with Crippen molar-refractivity contribution in [2.24, 2.45) is 0 Å². The number of amides is 1. The van der Waals surface area contributed by atoms with Gasteiger partial charge in [-0.2, -0.15) is 0 Å². The van der Waals surface area contributed by atoms with E-state index in [1.165, 1.54) is 0 Å². The average molecular weight is 292 g/mol. The molecule has 0 spiro atoms. The van der Waals surface area contributed by atoms with E-state index in [9.17, 15) is 13.2 Å². The first-order valence-electron chi connectivity index (χ1n) is 6.61. The maximum atomic E-state index is 11.9. The van der Waals surface area contributed by atoms with Gasteiger partial charge in [-0.05, 0) is 40.5 Å². The molecule has 112 valence electrons. The maximum absolute atomic E-state index is 11.9. The molecule has 1 N–H and O–H groups in total. The zero-order chi connectivity index (χ0) is 14.7. The van der Waals surface area contributed by atoms with E-state index >= 15 is 0 Å². The number of likely N-dealkylation sites (tertiary alicyclic amines) is 1. The molecular weight excluding hydrogens is 268 g/mol. The Morgan fingerprint density at radius 2 is 2.05 bits per heavy atom. The molecule has 1 heterocycles. The number of hydrogen-bond donors (Lipinski definition) is 1. The highest BCUT2D eigenvalue weighted by Gasteiger charge is 2.29. The Balaban J connectivity index is 2.57. The number of nitrogens with one attached hydrogen (secondary N) is 1. The fourth-order valence-electron chi connectivity index (χ4n) is 1.90. The average Bonchev–Trinajstić information content (AvgIpc) is 2.26. The third-order valence-electron chi connectivity index (χ3n) is 2.80. The van der Waals surface area contributed by atoms with E-state index in [4.69, 9.17) is 4.74 Å². The molecule has 1 aliphatic rings. The zero-order valence-corrected chi connectivity index (χ0v) is 12.9. The molecule has 0 aliphatic carbocycles. The molecule has 0 aromatic carbocycles. The first kappa shape index (κ1) is 16.2. The Kier molecular flexibility index (Phi) is 5.20. The minimum atomic E-state index is -3.23. The summed E-state index contributed by atoms with van der Waals surface area (Å²) in [5.74, 6) is 0.0515. The minimum Gasteiger partial charge on any atom is -0.444 e. The summed E-state index contributed by atoms with van der Waals surface area (Å²) in [4.78, 5) is 13.5. The summed E-state index contributed by atoms with van der Waals surface area (Å²) in [5, 5.41) is 0. The number of carbonyl (C=O) groups is 1. The maximum Gasteiger partial charge on any atom is 0.410 e. The van der Waals surface area contributed by atoms with Crippen molar-refractivity contribution in [2.75, 3.05) is 18.8 Å². The van der Waals surface area contributed by atoms with Crippen LogP contribution in [0.4, 0.5) is 4.79 Å². The Morgan fingerprint density at radius 3 is 2.58 bits per heavy atom. The summed E-state index contributed by atoms with van der Waals surface area (Å²) in [6.07, 6.45) is 1.14. The van der Waals surface area contributed by atoms with E-state index in [2.05, 4.69) is 4.72 Å². The van der Waals surface area contributed by atoms with Crippen molar-refractivity contribution in [1.82, 2.24) is 9.62 Å². The summed E-state index contributed by atoms with van der Waals surface area (Å²) in [7, 11) is -3.23. The lowest BCUT2D eigenvalue weighted by Crippen LogP contribution is -2.50. The van der Waals surface area contributed by atoms with Crippen LogP contribution in [-0.4, -0.2) is 49.9 Å². The molecular formula is C12H24N2O4S. The summed E-state index contributed by atoms with van der Waals surface area (Å²) in [5.41, 5.74) is -0.535. The second-order valence-corrected chi connectivity index (χ2v) is 7.83. The van der Waals surface area contributed by atoms with Gasteiger partial charge in [-0.3, -0.25) is 0 Å². The predicted molar refractivity (Wildman–Crippen MR) is 73.4 cm³/mol. The van der Waals surface area contributed by atoms with Crippen LogP contribution >= 0.6 is 0 Å². The van der Waals surface area contributed by atoms with Crippen molar-refractivity contribution in [3.63, 3.8) is 0 Å². The summed E-state index contributed by atoms with van der Waals surface area (Å²) in [6, 6.07) is -0.216. The van der Waals surface area contributed by atoms with Crippen LogP contribution in [0.1, 0.15) is 40.5 Å². The van der Waals surface area contributed by atoms with E-state index in [-0.39, 0.29) is 17.9 Å². The molecule has 6 nitrogen and oxygen atoms in total. The monoisotopic (exact) mass is 292 g/mol. The van der Waals surface area contributed by atoms with Crippen molar-refractivity contribution in [3.8, 4) is 0 Å². The largest absolute Gasteiger partial charge is 0.444 e. The predicted octanol–water partition coefficient (Wildman–Crippen LogP) is 1.33. The summed E-state index contributed by atoms with van der Waals surface area (Å²) in [6.45, 7) is 8.01. The third kappa shape index (κ3) is 5.78. The second-order valence-electron chi connectivity index (χ2n) is 5.79. The van der Waals surface area contributed by atoms with Crippen LogP contribution in [0.25, 0.3) is 0 Å². The van der Waals surface area contributed by atoms with Crippen LogP contribution in [0, 0.1) is 0 Å². The smallest absolute Gasteiger partial charge is 0.410 e. The highest BCUT2D eigenvalue weighted by atomic mass is 32.2. The van der Waals surface area contributed by atoms with Gasteiger partial charge in [-0.1, -0.05) is 0 Å². The lowest BCUT2D eigenvalue weighted by molar-refractivity contribution is 0.0195. The lowest BCUT2D eigenvalue weighted by atomic mass is 10.1. The van der Waals surface area contributed by atoms with Gasteiger partial charge in [0.05, 0.1) is 5.75 Å². The van der Waals surface area contributed by atoms with Gasteiger partial charge >= 0.3 is 6.09 Å². The van der Waals surface area contributed by atoms with Crippen LogP contribution in [0.15, 0.2) is 0 Å². The van der Waals surface area contributed by atoms with E-state index in [1.807, 2.05) is 20.8 Å². The number of ether oxygens (including phenoxy) is 1. The molecule has 0 saturated carbocycles. The van der Waals surface area contributed by atoms with E-state index in [1.54, 1.807) is 11.8 Å². The van der Waals surface area contributed by atoms with Crippen molar-refractivity contribution in [2.45, 2.75) is 52.2 Å². The molecule has 1 amide bonds. The number of piperidine rings is 1. The van der Waals surface area contributed by atoms with E-state index in [0.717, 1.165) is 12.8 Å². The molecule has 0 aromatic heterocycles. The molecule has 0 unspecified atom stereocenters. The Hall–Kier alpha value is -0.820. The first-order chi connectivity index (χ1) is 8.63. The van der Waals surface area contributed by atoms with Crippen molar-refractivity contribution in [3.05, 3.63) is 0 Å². The molecule has 0 aromatic rings. The zero-order valence-electron chi connectivity index (χ0n) is 12.1. The summed E-state index contributed by atoms with van der Waals surface area (Å²) < 4.78 is 31.0. The third-order valence-corrected chi connectivity index (χ3v) is 4.25. The van der Waals surface area contributed by atoms with Gasteiger partial charge in [-0.25, -0.2) is 17.9 Å². The molecule has 1 rings (SSSR count). The number of rotatable bonds is 3. The van der Waals surface area contributed by atoms with Gasteiger partial charge in [0.1, 0.15) is 5.60 Å². The standard InChI is InChI=1S/C12H24N2O4S/c1-5-19(16,17)13-10-7-6-8-14(9-10)11(15)18-12(2,3)4/h10,13H,5-9H2,1-4H3/t10-/m1/s1. The quantitative estimate of drug-likeness (QED) is 0.851. The van der Waals surface area contributed by atoms with Gasteiger partial charge in [0.15, 0.2) is 0 Å². The highest BCUT2D eigenvalue weighted by molar-refractivity contribution is 7.89. The van der Waals surface area contributed by atoms with E-state index < -0.39 is 15.6 Å². The fourth-order valence-corrected chi connectivity index (χ4v) is 2.77. The molecule has 1 saturated heterocycles. The SMILES string of the molecule is CCS(=O)(=O)N[C@@H]1CCCN(C(=O)OC(C)(C)C)C1. The molecule has 19 heavy (non-hydrogen) atoms. The number of carbonyl (C=O) groups excluding carboxylic acids is 1. The van der Waals surface area contributed by atoms with Crippen LogP contribution in [0.2, 0.25) is 0 Å². The normalized spacial score (nSPS) is 21.3. The summed E-state index contributed by atoms with van der Waals surface area (Å²) >= 11 is 0. The van der Waals surface area contributed by atoms with Gasteiger partial charge in [0, 0.05) is 19.1 Å². The van der Waals surface area contributed by atoms with Crippen LogP contribution in [0.5, 0.6) is 0 Å². The molecule has 7 heteroatoms. The molecule has 0 bridgehead atoms. The number of nitrogens with zero attached hydrogens (tertiary/aromatic N) is 1. The van der Waals surface area contributed by atoms with E-state index in [0.29, 0.717) is 13.1 Å². The van der Waals surface area contributed by atoms with Crippen molar-refractivity contribution < 1.29 is 17.9 Å². The molecule has 1 aliphatic heterocycles. The van der Waals surface area contributed by atoms with Gasteiger partial charge < -0.3 is 9.64 Å². The van der Waals surface area contributed by atoms with Gasteiger partial charge in [0.2, 0.25) is 10.0 Å². The number of hydrogen-bond acceptors (Lipinski definition) is 4. The topological polar surface area (TPSA) is 75.7 Å².